The van der Waals surface area contributed by atoms with Gasteiger partial charge in [-0.05, 0) is 6.42 Å². The van der Waals surface area contributed by atoms with Gasteiger partial charge in [0.25, 0.3) is 0 Å². The molecule has 0 fully saturated rings. The van der Waals surface area contributed by atoms with Crippen LogP contribution >= 0.6 is 10.7 Å². The number of halogens is 1. The fourth-order valence-electron chi connectivity index (χ4n) is 0.850. The highest BCUT2D eigenvalue weighted by Crippen LogP contribution is 2.13. The molecule has 1 heterocycles. The summed E-state index contributed by atoms with van der Waals surface area (Å²) in [6, 6.07) is 0. The highest BCUT2D eigenvalue weighted by molar-refractivity contribution is 8.13. The summed E-state index contributed by atoms with van der Waals surface area (Å²) in [5.74, 6) is -0.270. The van der Waals surface area contributed by atoms with Crippen LogP contribution in [0.25, 0.3) is 0 Å². The molecule has 0 bridgehead atoms. The summed E-state index contributed by atoms with van der Waals surface area (Å²) in [5, 5.41) is 3.53. The Morgan fingerprint density at radius 2 is 2.33 bits per heavy atom. The van der Waals surface area contributed by atoms with Gasteiger partial charge in [0.1, 0.15) is 17.7 Å². The Kier molecular flexibility index (Phi) is 2.74. The molecule has 1 aromatic rings. The number of rotatable bonds is 3. The largest absolute Gasteiger partial charge is 0.364 e. The fraction of sp³-hybridized carbons (Fsp3) is 0.500. The van der Waals surface area contributed by atoms with Crippen LogP contribution in [0, 0.1) is 0 Å². The van der Waals surface area contributed by atoms with Crippen LogP contribution in [0.5, 0.6) is 0 Å². The molecule has 12 heavy (non-hydrogen) atoms. The van der Waals surface area contributed by atoms with E-state index in [2.05, 4.69) is 9.68 Å². The summed E-state index contributed by atoms with van der Waals surface area (Å²) >= 11 is 0. The second kappa shape index (κ2) is 3.45. The van der Waals surface area contributed by atoms with E-state index in [1.54, 1.807) is 0 Å². The van der Waals surface area contributed by atoms with Crippen LogP contribution in [0.3, 0.4) is 0 Å². The molecule has 0 radical (unpaired) electrons. The molecule has 0 aliphatic carbocycles. The van der Waals surface area contributed by atoms with E-state index in [1.165, 1.54) is 6.26 Å². The lowest BCUT2D eigenvalue weighted by Crippen LogP contribution is -1.98. The molecule has 0 saturated carbocycles. The first-order chi connectivity index (χ1) is 5.53. The number of nitrogens with zero attached hydrogens (tertiary/aromatic N) is 1. The van der Waals surface area contributed by atoms with E-state index in [0.29, 0.717) is 12.1 Å². The van der Waals surface area contributed by atoms with Crippen LogP contribution in [0.2, 0.25) is 0 Å². The first-order valence-electron chi connectivity index (χ1n) is 3.37. The third kappa shape index (κ3) is 2.49. The van der Waals surface area contributed by atoms with Gasteiger partial charge < -0.3 is 4.52 Å². The molecule has 0 atom stereocenters. The summed E-state index contributed by atoms with van der Waals surface area (Å²) in [4.78, 5) is 0. The minimum atomic E-state index is -3.53. The van der Waals surface area contributed by atoms with Crippen LogP contribution in [-0.2, 0) is 21.2 Å². The molecule has 0 aliphatic rings. The Morgan fingerprint density at radius 1 is 1.67 bits per heavy atom. The number of aromatic nitrogens is 1. The Labute approximate surface area is 74.9 Å². The molecule has 1 aromatic heterocycles. The van der Waals surface area contributed by atoms with Crippen molar-refractivity contribution < 1.29 is 12.9 Å². The monoisotopic (exact) mass is 209 g/mol. The van der Waals surface area contributed by atoms with Crippen LogP contribution in [0.4, 0.5) is 0 Å². The van der Waals surface area contributed by atoms with Gasteiger partial charge in [0.2, 0.25) is 9.05 Å². The second-order valence-corrected chi connectivity index (χ2v) is 5.10. The molecule has 1 rings (SSSR count). The third-order valence-corrected chi connectivity index (χ3v) is 2.36. The Morgan fingerprint density at radius 3 is 2.83 bits per heavy atom. The molecule has 0 N–H and O–H groups in total. The lowest BCUT2D eigenvalue weighted by molar-refractivity contribution is 0.413. The molecule has 0 amide bonds. The van der Waals surface area contributed by atoms with E-state index in [-0.39, 0.29) is 5.75 Å². The zero-order chi connectivity index (χ0) is 9.19. The smallest absolute Gasteiger partial charge is 0.238 e. The van der Waals surface area contributed by atoms with Crippen molar-refractivity contribution in [2.24, 2.45) is 0 Å². The fourth-order valence-corrected chi connectivity index (χ4v) is 1.72. The maximum Gasteiger partial charge on any atom is 0.238 e. The average molecular weight is 210 g/mol. The van der Waals surface area contributed by atoms with Crippen molar-refractivity contribution in [1.82, 2.24) is 5.16 Å². The van der Waals surface area contributed by atoms with Gasteiger partial charge >= 0.3 is 0 Å². The van der Waals surface area contributed by atoms with E-state index in [1.807, 2.05) is 6.92 Å². The van der Waals surface area contributed by atoms with Crippen molar-refractivity contribution in [1.29, 1.82) is 0 Å². The number of aryl methyl sites for hydroxylation is 1. The summed E-state index contributed by atoms with van der Waals surface area (Å²) in [7, 11) is 1.51. The average Bonchev–Trinajstić information content (AvgIpc) is 2.31. The molecule has 0 aromatic carbocycles. The molecule has 6 heteroatoms. The first kappa shape index (κ1) is 9.54. The maximum absolute atomic E-state index is 10.7. The topological polar surface area (TPSA) is 60.2 Å². The molecule has 68 valence electrons. The van der Waals surface area contributed by atoms with E-state index >= 15 is 0 Å². The van der Waals surface area contributed by atoms with E-state index < -0.39 is 9.05 Å². The Bertz CT molecular complexity index is 357. The number of hydrogen-bond acceptors (Lipinski definition) is 4. The lowest BCUT2D eigenvalue weighted by atomic mass is 10.2. The predicted molar refractivity (Wildman–Crippen MR) is 44.4 cm³/mol. The minimum Gasteiger partial charge on any atom is -0.364 e. The maximum atomic E-state index is 10.7. The van der Waals surface area contributed by atoms with Crippen molar-refractivity contribution >= 4 is 19.7 Å². The van der Waals surface area contributed by atoms with Crippen molar-refractivity contribution in [2.75, 3.05) is 0 Å². The van der Waals surface area contributed by atoms with Gasteiger partial charge in [-0.25, -0.2) is 8.42 Å². The molecule has 0 saturated heterocycles. The second-order valence-electron chi connectivity index (χ2n) is 2.32. The highest BCUT2D eigenvalue weighted by atomic mass is 35.7. The van der Waals surface area contributed by atoms with Crippen molar-refractivity contribution in [2.45, 2.75) is 19.1 Å². The Hall–Kier alpha value is -0.550. The summed E-state index contributed by atoms with van der Waals surface area (Å²) in [6.07, 6.45) is 2.11. The predicted octanol–water partition coefficient (Wildman–Crippen LogP) is 1.31. The van der Waals surface area contributed by atoms with Gasteiger partial charge in [-0.2, -0.15) is 0 Å². The third-order valence-electron chi connectivity index (χ3n) is 1.42. The van der Waals surface area contributed by atoms with Crippen molar-refractivity contribution in [3.63, 3.8) is 0 Å². The van der Waals surface area contributed by atoms with Crippen LogP contribution in [0.15, 0.2) is 10.8 Å². The number of hydrogen-bond donors (Lipinski definition) is 0. The Balaban J connectivity index is 2.89. The van der Waals surface area contributed by atoms with Crippen LogP contribution < -0.4 is 0 Å². The van der Waals surface area contributed by atoms with Gasteiger partial charge in [-0.3, -0.25) is 0 Å². The molecule has 0 aliphatic heterocycles. The van der Waals surface area contributed by atoms with Crippen molar-refractivity contribution in [3.05, 3.63) is 17.5 Å². The summed E-state index contributed by atoms with van der Waals surface area (Å²) < 4.78 is 25.9. The standard InChI is InChI=1S/C6H8ClNO3S/c1-2-5-3-11-8-6(5)4-12(7,9)10/h3H,2,4H2,1H3. The van der Waals surface area contributed by atoms with Crippen molar-refractivity contribution in [3.8, 4) is 0 Å². The van der Waals surface area contributed by atoms with Gasteiger partial charge in [0.15, 0.2) is 0 Å². The quantitative estimate of drug-likeness (QED) is 0.705. The molecule has 4 nitrogen and oxygen atoms in total. The van der Waals surface area contributed by atoms with Gasteiger partial charge in [0, 0.05) is 16.2 Å². The van der Waals surface area contributed by atoms with Gasteiger partial charge in [-0.15, -0.1) is 0 Å². The molecular formula is C6H8ClNO3S. The normalized spacial score (nSPS) is 11.8. The van der Waals surface area contributed by atoms with E-state index in [9.17, 15) is 8.42 Å². The summed E-state index contributed by atoms with van der Waals surface area (Å²) in [5.41, 5.74) is 1.17. The summed E-state index contributed by atoms with van der Waals surface area (Å²) in [6.45, 7) is 1.89. The van der Waals surface area contributed by atoms with Gasteiger partial charge in [-0.1, -0.05) is 12.1 Å². The zero-order valence-electron chi connectivity index (χ0n) is 6.45. The highest BCUT2D eigenvalue weighted by Gasteiger charge is 2.13. The molecule has 0 spiro atoms. The zero-order valence-corrected chi connectivity index (χ0v) is 8.02. The lowest BCUT2D eigenvalue weighted by Gasteiger charge is -1.93. The molecular weight excluding hydrogens is 202 g/mol. The van der Waals surface area contributed by atoms with Crippen LogP contribution in [0.1, 0.15) is 18.2 Å². The minimum absolute atomic E-state index is 0.270. The molecule has 0 unspecified atom stereocenters. The van der Waals surface area contributed by atoms with Crippen LogP contribution in [-0.4, -0.2) is 13.6 Å². The SMILES string of the molecule is CCc1conc1CS(=O)(=O)Cl. The van der Waals surface area contributed by atoms with E-state index in [0.717, 1.165) is 5.56 Å². The van der Waals surface area contributed by atoms with Gasteiger partial charge in [0.05, 0.1) is 0 Å². The van der Waals surface area contributed by atoms with E-state index in [4.69, 9.17) is 10.7 Å². The first-order valence-corrected chi connectivity index (χ1v) is 5.85.